The Hall–Kier alpha value is -3.07. The van der Waals surface area contributed by atoms with E-state index in [1.807, 2.05) is 13.8 Å². The Balaban J connectivity index is 2.19. The molecule has 0 aliphatic rings. The second-order valence-electron chi connectivity index (χ2n) is 5.77. The zero-order chi connectivity index (χ0) is 20.7. The molecule has 0 aliphatic carbocycles. The molecule has 150 valence electrons. The third-order valence-electron chi connectivity index (χ3n) is 4.04. The molecule has 2 rings (SSSR count). The van der Waals surface area contributed by atoms with Crippen LogP contribution < -0.4 is 10.0 Å². The summed E-state index contributed by atoms with van der Waals surface area (Å²) in [6.45, 7) is 4.88. The summed E-state index contributed by atoms with van der Waals surface area (Å²) < 4.78 is 32.3. The van der Waals surface area contributed by atoms with E-state index in [0.717, 1.165) is 0 Å². The largest absolute Gasteiger partial charge is 0.465 e. The number of esters is 1. The van der Waals surface area contributed by atoms with E-state index in [2.05, 4.69) is 14.8 Å². The van der Waals surface area contributed by atoms with Gasteiger partial charge in [0.15, 0.2) is 0 Å². The molecule has 0 aromatic heterocycles. The van der Waals surface area contributed by atoms with Crippen LogP contribution in [-0.4, -0.2) is 45.5 Å². The van der Waals surface area contributed by atoms with Crippen molar-refractivity contribution in [2.24, 2.45) is 0 Å². The second kappa shape index (κ2) is 9.23. The lowest BCUT2D eigenvalue weighted by Gasteiger charge is -2.19. The molecule has 0 spiro atoms. The molecule has 0 saturated carbocycles. The minimum Gasteiger partial charge on any atom is -0.465 e. The van der Waals surface area contributed by atoms with Gasteiger partial charge in [-0.15, -0.1) is 0 Å². The van der Waals surface area contributed by atoms with Crippen molar-refractivity contribution >= 4 is 33.4 Å². The second-order valence-corrected chi connectivity index (χ2v) is 7.45. The van der Waals surface area contributed by atoms with Crippen molar-refractivity contribution in [2.75, 3.05) is 30.2 Å². The molecule has 0 radical (unpaired) electrons. The van der Waals surface area contributed by atoms with Crippen molar-refractivity contribution in [1.82, 2.24) is 4.90 Å². The third-order valence-corrected chi connectivity index (χ3v) is 5.42. The van der Waals surface area contributed by atoms with Gasteiger partial charge in [0.05, 0.1) is 23.3 Å². The third kappa shape index (κ3) is 5.01. The quantitative estimate of drug-likeness (QED) is 0.689. The molecular weight excluding hydrogens is 382 g/mol. The zero-order valence-corrected chi connectivity index (χ0v) is 16.7. The summed E-state index contributed by atoms with van der Waals surface area (Å²) >= 11 is 0. The molecule has 0 saturated heterocycles. The number of para-hydroxylation sites is 1. The number of urea groups is 1. The highest BCUT2D eigenvalue weighted by molar-refractivity contribution is 7.92. The van der Waals surface area contributed by atoms with Crippen molar-refractivity contribution < 1.29 is 22.7 Å². The predicted molar refractivity (Wildman–Crippen MR) is 107 cm³/mol. The van der Waals surface area contributed by atoms with Crippen LogP contribution in [0.3, 0.4) is 0 Å². The number of nitrogens with one attached hydrogen (secondary N) is 2. The van der Waals surface area contributed by atoms with Crippen molar-refractivity contribution in [3.05, 3.63) is 54.1 Å². The van der Waals surface area contributed by atoms with E-state index in [9.17, 15) is 18.0 Å². The van der Waals surface area contributed by atoms with E-state index in [1.54, 1.807) is 17.0 Å². The number of methoxy groups -OCH3 is 1. The average molecular weight is 405 g/mol. The number of sulfonamides is 1. The van der Waals surface area contributed by atoms with Crippen LogP contribution in [0.4, 0.5) is 16.2 Å². The minimum atomic E-state index is -3.93. The molecular formula is C19H23N3O5S. The summed E-state index contributed by atoms with van der Waals surface area (Å²) in [6, 6.07) is 11.7. The molecule has 2 aromatic carbocycles. The lowest BCUT2D eigenvalue weighted by atomic mass is 10.2. The van der Waals surface area contributed by atoms with E-state index >= 15 is 0 Å². The van der Waals surface area contributed by atoms with Gasteiger partial charge >= 0.3 is 12.0 Å². The number of benzene rings is 2. The van der Waals surface area contributed by atoms with Crippen LogP contribution in [0.15, 0.2) is 53.4 Å². The van der Waals surface area contributed by atoms with Crippen LogP contribution in [-0.2, 0) is 14.8 Å². The molecule has 0 fully saturated rings. The van der Waals surface area contributed by atoms with Gasteiger partial charge in [-0.2, -0.15) is 0 Å². The van der Waals surface area contributed by atoms with Crippen molar-refractivity contribution in [3.63, 3.8) is 0 Å². The molecule has 0 atom stereocenters. The van der Waals surface area contributed by atoms with Crippen molar-refractivity contribution in [1.29, 1.82) is 0 Å². The number of carbonyl (C=O) groups excluding carboxylic acids is 2. The first-order valence-corrected chi connectivity index (χ1v) is 10.2. The SMILES string of the molecule is CCN(CC)C(=O)Nc1ccc(S(=O)(=O)Nc2ccccc2C(=O)OC)cc1. The molecule has 0 aliphatic heterocycles. The topological polar surface area (TPSA) is 105 Å². The first kappa shape index (κ1) is 21.2. The Morgan fingerprint density at radius 3 is 2.18 bits per heavy atom. The highest BCUT2D eigenvalue weighted by atomic mass is 32.2. The number of rotatable bonds is 7. The van der Waals surface area contributed by atoms with Gasteiger partial charge in [0.25, 0.3) is 10.0 Å². The van der Waals surface area contributed by atoms with E-state index in [0.29, 0.717) is 18.8 Å². The van der Waals surface area contributed by atoms with Gasteiger partial charge in [-0.3, -0.25) is 4.72 Å². The maximum absolute atomic E-state index is 12.6. The average Bonchev–Trinajstić information content (AvgIpc) is 2.69. The monoisotopic (exact) mass is 405 g/mol. The van der Waals surface area contributed by atoms with Gasteiger partial charge in [0.2, 0.25) is 0 Å². The Bertz CT molecular complexity index is 938. The number of hydrogen-bond acceptors (Lipinski definition) is 5. The fourth-order valence-electron chi connectivity index (χ4n) is 2.49. The van der Waals surface area contributed by atoms with Crippen LogP contribution in [0.2, 0.25) is 0 Å². The van der Waals surface area contributed by atoms with Gasteiger partial charge in [-0.1, -0.05) is 12.1 Å². The van der Waals surface area contributed by atoms with Crippen LogP contribution in [0.25, 0.3) is 0 Å². The summed E-state index contributed by atoms with van der Waals surface area (Å²) in [5, 5.41) is 2.71. The Morgan fingerprint density at radius 2 is 1.61 bits per heavy atom. The first-order valence-electron chi connectivity index (χ1n) is 8.68. The summed E-state index contributed by atoms with van der Waals surface area (Å²) in [6.07, 6.45) is 0. The fourth-order valence-corrected chi connectivity index (χ4v) is 3.57. The minimum absolute atomic E-state index is 0.00647. The lowest BCUT2D eigenvalue weighted by molar-refractivity contribution is 0.0602. The molecule has 0 unspecified atom stereocenters. The fraction of sp³-hybridized carbons (Fsp3) is 0.263. The van der Waals surface area contributed by atoms with E-state index < -0.39 is 16.0 Å². The van der Waals surface area contributed by atoms with Gasteiger partial charge in [0, 0.05) is 18.8 Å². The van der Waals surface area contributed by atoms with E-state index in [-0.39, 0.29) is 22.2 Å². The summed E-state index contributed by atoms with van der Waals surface area (Å²) in [4.78, 5) is 25.5. The smallest absolute Gasteiger partial charge is 0.339 e. The molecule has 2 amide bonds. The molecule has 0 heterocycles. The van der Waals surface area contributed by atoms with E-state index in [1.165, 1.54) is 43.5 Å². The van der Waals surface area contributed by atoms with Gasteiger partial charge in [0.1, 0.15) is 0 Å². The molecule has 28 heavy (non-hydrogen) atoms. The Kier molecular flexibility index (Phi) is 7.00. The number of hydrogen-bond donors (Lipinski definition) is 2. The highest BCUT2D eigenvalue weighted by Crippen LogP contribution is 2.22. The number of anilines is 2. The molecule has 0 bridgehead atoms. The number of nitrogens with zero attached hydrogens (tertiary/aromatic N) is 1. The number of amides is 2. The van der Waals surface area contributed by atoms with Crippen LogP contribution in [0.5, 0.6) is 0 Å². The molecule has 2 N–H and O–H groups in total. The summed E-state index contributed by atoms with van der Waals surface area (Å²) in [7, 11) is -2.71. The standard InChI is InChI=1S/C19H23N3O5S/c1-4-22(5-2)19(24)20-14-10-12-15(13-11-14)28(25,26)21-17-9-7-6-8-16(17)18(23)27-3/h6-13,21H,4-5H2,1-3H3,(H,20,24). The van der Waals surface area contributed by atoms with Gasteiger partial charge < -0.3 is 15.0 Å². The van der Waals surface area contributed by atoms with Crippen LogP contribution in [0, 0.1) is 0 Å². The molecule has 9 heteroatoms. The lowest BCUT2D eigenvalue weighted by Crippen LogP contribution is -2.34. The Labute approximate surface area is 164 Å². The van der Waals surface area contributed by atoms with E-state index in [4.69, 9.17) is 0 Å². The highest BCUT2D eigenvalue weighted by Gasteiger charge is 2.19. The Morgan fingerprint density at radius 1 is 1.00 bits per heavy atom. The normalized spacial score (nSPS) is 10.8. The summed E-state index contributed by atoms with van der Waals surface area (Å²) in [5.74, 6) is -0.646. The molecule has 8 nitrogen and oxygen atoms in total. The van der Waals surface area contributed by atoms with Crippen molar-refractivity contribution in [3.8, 4) is 0 Å². The van der Waals surface area contributed by atoms with Gasteiger partial charge in [-0.05, 0) is 50.2 Å². The molecule has 2 aromatic rings. The van der Waals surface area contributed by atoms with Crippen molar-refractivity contribution in [2.45, 2.75) is 18.7 Å². The van der Waals surface area contributed by atoms with Gasteiger partial charge in [-0.25, -0.2) is 18.0 Å². The number of ether oxygens (including phenoxy) is 1. The first-order chi connectivity index (χ1) is 13.3. The maximum Gasteiger partial charge on any atom is 0.339 e. The van der Waals surface area contributed by atoms with Crippen LogP contribution >= 0.6 is 0 Å². The maximum atomic E-state index is 12.6. The summed E-state index contributed by atoms with van der Waals surface area (Å²) in [5.41, 5.74) is 0.704. The van der Waals surface area contributed by atoms with Crippen LogP contribution in [0.1, 0.15) is 24.2 Å². The zero-order valence-electron chi connectivity index (χ0n) is 15.9. The predicted octanol–water partition coefficient (Wildman–Crippen LogP) is 3.15. The number of carbonyl (C=O) groups is 2.